The molecule has 8 nitrogen and oxygen atoms in total. The van der Waals surface area contributed by atoms with E-state index in [4.69, 9.17) is 14.9 Å². The van der Waals surface area contributed by atoms with Crippen molar-refractivity contribution in [3.05, 3.63) is 34.4 Å². The number of rotatable bonds is 7. The van der Waals surface area contributed by atoms with Crippen molar-refractivity contribution in [3.8, 4) is 0 Å². The average Bonchev–Trinajstić information content (AvgIpc) is 2.57. The minimum atomic E-state index is -1.44. The Kier molecular flexibility index (Phi) is 7.01. The number of aliphatic carboxylic acids is 1. The van der Waals surface area contributed by atoms with Gasteiger partial charge in [0, 0.05) is 32.5 Å². The summed E-state index contributed by atoms with van der Waals surface area (Å²) in [5.74, 6) is -1.17. The highest BCUT2D eigenvalue weighted by Gasteiger charge is 2.40. The fraction of sp³-hybridized carbons (Fsp3) is 0.550. The molecule has 0 aliphatic carbocycles. The quantitative estimate of drug-likeness (QED) is 0.481. The standard InChI is InChI=1S/C20H28N2O6/c1-13-10-14(2)16(15(3)11-13)12-17(23)21-20(28-19(26)27)5-8-22(9-6-20)7-4-18(24)25/h10-11H,4-9,12H2,1-3H3,(H,21,23)(H,24,25)(H,26,27). The van der Waals surface area contributed by atoms with E-state index in [0.29, 0.717) is 19.6 Å². The monoisotopic (exact) mass is 392 g/mol. The highest BCUT2D eigenvalue weighted by Crippen LogP contribution is 2.25. The van der Waals surface area contributed by atoms with Crippen molar-refractivity contribution in [1.29, 1.82) is 0 Å². The Morgan fingerprint density at radius 1 is 1.11 bits per heavy atom. The third-order valence-corrected chi connectivity index (χ3v) is 5.13. The fourth-order valence-corrected chi connectivity index (χ4v) is 3.76. The van der Waals surface area contributed by atoms with E-state index in [-0.39, 0.29) is 31.6 Å². The second kappa shape index (κ2) is 9.05. The molecule has 1 aliphatic heterocycles. The number of amides is 1. The zero-order valence-corrected chi connectivity index (χ0v) is 16.6. The van der Waals surface area contributed by atoms with Gasteiger partial charge in [-0.15, -0.1) is 0 Å². The topological polar surface area (TPSA) is 116 Å². The summed E-state index contributed by atoms with van der Waals surface area (Å²) in [6.07, 6.45) is -0.731. The molecular formula is C20H28N2O6. The Balaban J connectivity index is 2.05. The van der Waals surface area contributed by atoms with Crippen LogP contribution in [0.3, 0.4) is 0 Å². The Labute approximate surface area is 164 Å². The molecule has 0 aromatic heterocycles. The minimum Gasteiger partial charge on any atom is -0.481 e. The molecular weight excluding hydrogens is 364 g/mol. The molecule has 1 aromatic carbocycles. The summed E-state index contributed by atoms with van der Waals surface area (Å²) in [4.78, 5) is 36.5. The Bertz CT molecular complexity index is 730. The van der Waals surface area contributed by atoms with Crippen molar-refractivity contribution in [2.75, 3.05) is 19.6 Å². The first-order chi connectivity index (χ1) is 13.1. The van der Waals surface area contributed by atoms with E-state index in [9.17, 15) is 14.4 Å². The Hall–Kier alpha value is -2.61. The largest absolute Gasteiger partial charge is 0.507 e. The summed E-state index contributed by atoms with van der Waals surface area (Å²) < 4.78 is 5.08. The van der Waals surface area contributed by atoms with Crippen LogP contribution in [-0.4, -0.2) is 58.5 Å². The minimum absolute atomic E-state index is 0.0190. The number of hydrogen-bond donors (Lipinski definition) is 3. The van der Waals surface area contributed by atoms with Gasteiger partial charge in [-0.2, -0.15) is 0 Å². The van der Waals surface area contributed by atoms with Gasteiger partial charge in [-0.1, -0.05) is 17.7 Å². The molecule has 1 fully saturated rings. The van der Waals surface area contributed by atoms with Gasteiger partial charge >= 0.3 is 12.1 Å². The lowest BCUT2D eigenvalue weighted by atomic mass is 9.95. The van der Waals surface area contributed by atoms with Crippen LogP contribution in [0.25, 0.3) is 0 Å². The maximum atomic E-state index is 12.7. The van der Waals surface area contributed by atoms with Gasteiger partial charge in [-0.25, -0.2) is 4.79 Å². The van der Waals surface area contributed by atoms with Crippen LogP contribution in [0, 0.1) is 20.8 Å². The Morgan fingerprint density at radius 3 is 2.18 bits per heavy atom. The van der Waals surface area contributed by atoms with Crippen LogP contribution in [-0.2, 0) is 20.7 Å². The number of likely N-dealkylation sites (tertiary alicyclic amines) is 1. The number of nitrogens with zero attached hydrogens (tertiary/aromatic N) is 1. The lowest BCUT2D eigenvalue weighted by Crippen LogP contribution is -2.58. The third kappa shape index (κ3) is 5.95. The second-order valence-corrected chi connectivity index (χ2v) is 7.45. The summed E-state index contributed by atoms with van der Waals surface area (Å²) in [7, 11) is 0. The Morgan fingerprint density at radius 2 is 1.68 bits per heavy atom. The van der Waals surface area contributed by atoms with E-state index in [1.54, 1.807) is 0 Å². The number of carboxylic acid groups (broad SMARTS) is 2. The second-order valence-electron chi connectivity index (χ2n) is 7.45. The highest BCUT2D eigenvalue weighted by atomic mass is 16.7. The molecule has 0 radical (unpaired) electrons. The van der Waals surface area contributed by atoms with Gasteiger partial charge in [0.25, 0.3) is 0 Å². The first-order valence-electron chi connectivity index (χ1n) is 9.34. The van der Waals surface area contributed by atoms with Crippen molar-refractivity contribution < 1.29 is 29.3 Å². The lowest BCUT2D eigenvalue weighted by Gasteiger charge is -2.40. The molecule has 8 heteroatoms. The van der Waals surface area contributed by atoms with Gasteiger partial charge in [0.2, 0.25) is 5.91 Å². The number of carbonyl (C=O) groups excluding carboxylic acids is 1. The van der Waals surface area contributed by atoms with Crippen molar-refractivity contribution in [2.24, 2.45) is 0 Å². The maximum Gasteiger partial charge on any atom is 0.507 e. The van der Waals surface area contributed by atoms with E-state index in [0.717, 1.165) is 22.3 Å². The SMILES string of the molecule is Cc1cc(C)c(CC(=O)NC2(OC(=O)O)CCN(CCC(=O)O)CC2)c(C)c1. The van der Waals surface area contributed by atoms with Crippen molar-refractivity contribution in [2.45, 2.75) is 52.2 Å². The molecule has 0 unspecified atom stereocenters. The number of benzene rings is 1. The number of carboxylic acids is 1. The van der Waals surface area contributed by atoms with Crippen molar-refractivity contribution >= 4 is 18.0 Å². The molecule has 1 heterocycles. The van der Waals surface area contributed by atoms with Gasteiger partial charge in [-0.05, 0) is 37.5 Å². The van der Waals surface area contributed by atoms with Gasteiger partial charge in [0.15, 0.2) is 5.72 Å². The predicted octanol–water partition coefficient (Wildman–Crippen LogP) is 2.23. The summed E-state index contributed by atoms with van der Waals surface area (Å²) in [6.45, 7) is 7.18. The molecule has 0 saturated carbocycles. The number of ether oxygens (including phenoxy) is 1. The first kappa shape index (κ1) is 21.7. The summed E-state index contributed by atoms with van der Waals surface area (Å²) in [5.41, 5.74) is 2.80. The molecule has 154 valence electrons. The molecule has 1 aliphatic rings. The molecule has 0 atom stereocenters. The maximum absolute atomic E-state index is 12.7. The van der Waals surface area contributed by atoms with Crippen molar-refractivity contribution in [3.63, 3.8) is 0 Å². The van der Waals surface area contributed by atoms with E-state index in [1.165, 1.54) is 0 Å². The van der Waals surface area contributed by atoms with Crippen molar-refractivity contribution in [1.82, 2.24) is 10.2 Å². The molecule has 0 bridgehead atoms. The van der Waals surface area contributed by atoms with E-state index < -0.39 is 17.8 Å². The molecule has 3 N–H and O–H groups in total. The predicted molar refractivity (Wildman–Crippen MR) is 102 cm³/mol. The number of hydrogen-bond acceptors (Lipinski definition) is 5. The zero-order chi connectivity index (χ0) is 20.9. The van der Waals surface area contributed by atoms with Crippen LogP contribution >= 0.6 is 0 Å². The number of carbonyl (C=O) groups is 3. The van der Waals surface area contributed by atoms with Crippen LogP contribution in [0.15, 0.2) is 12.1 Å². The number of nitrogens with one attached hydrogen (secondary N) is 1. The molecule has 1 amide bonds. The van der Waals surface area contributed by atoms with E-state index in [1.807, 2.05) is 37.8 Å². The van der Waals surface area contributed by atoms with Gasteiger partial charge < -0.3 is 25.2 Å². The van der Waals surface area contributed by atoms with E-state index >= 15 is 0 Å². The number of aryl methyl sites for hydroxylation is 3. The first-order valence-corrected chi connectivity index (χ1v) is 9.34. The van der Waals surface area contributed by atoms with E-state index in [2.05, 4.69) is 5.32 Å². The fourth-order valence-electron chi connectivity index (χ4n) is 3.76. The smallest absolute Gasteiger partial charge is 0.481 e. The normalized spacial score (nSPS) is 16.4. The lowest BCUT2D eigenvalue weighted by molar-refractivity contribution is -0.137. The molecule has 1 aromatic rings. The van der Waals surface area contributed by atoms with Crippen LogP contribution < -0.4 is 5.32 Å². The molecule has 1 saturated heterocycles. The van der Waals surface area contributed by atoms with Crippen LogP contribution in [0.1, 0.15) is 41.5 Å². The third-order valence-electron chi connectivity index (χ3n) is 5.13. The summed E-state index contributed by atoms with van der Waals surface area (Å²) in [6, 6.07) is 4.03. The van der Waals surface area contributed by atoms with Gasteiger partial charge in [0.1, 0.15) is 0 Å². The highest BCUT2D eigenvalue weighted by molar-refractivity contribution is 5.80. The summed E-state index contributed by atoms with van der Waals surface area (Å²) in [5, 5.41) is 20.7. The number of piperidine rings is 1. The van der Waals surface area contributed by atoms with Gasteiger partial charge in [0.05, 0.1) is 12.8 Å². The zero-order valence-electron chi connectivity index (χ0n) is 16.6. The summed E-state index contributed by atoms with van der Waals surface area (Å²) >= 11 is 0. The molecule has 0 spiro atoms. The molecule has 28 heavy (non-hydrogen) atoms. The van der Waals surface area contributed by atoms with Crippen LogP contribution in [0.2, 0.25) is 0 Å². The molecule has 2 rings (SSSR count). The van der Waals surface area contributed by atoms with Gasteiger partial charge in [-0.3, -0.25) is 9.59 Å². The van der Waals surface area contributed by atoms with Crippen LogP contribution in [0.4, 0.5) is 4.79 Å². The van der Waals surface area contributed by atoms with Crippen LogP contribution in [0.5, 0.6) is 0 Å². The average molecular weight is 392 g/mol.